The van der Waals surface area contributed by atoms with Crippen LogP contribution in [0.5, 0.6) is 0 Å². The minimum absolute atomic E-state index is 0.0127. The second-order valence-corrected chi connectivity index (χ2v) is 6.60. The first kappa shape index (κ1) is 17.4. The minimum Gasteiger partial charge on any atom is -0.375 e. The zero-order chi connectivity index (χ0) is 18.6. The number of nitrogens with zero attached hydrogens (tertiary/aromatic N) is 3. The first-order valence-electron chi connectivity index (χ1n) is 8.88. The monoisotopic (exact) mass is 365 g/mol. The Labute approximate surface area is 157 Å². The van der Waals surface area contributed by atoms with Crippen LogP contribution in [0.3, 0.4) is 0 Å². The number of hydrogen-bond acceptors (Lipinski definition) is 3. The molecule has 5 nitrogen and oxygen atoms in total. The predicted molar refractivity (Wildman–Crippen MR) is 98.5 cm³/mol. The van der Waals surface area contributed by atoms with Gasteiger partial charge in [0.05, 0.1) is 31.4 Å². The Hall–Kier alpha value is -2.99. The van der Waals surface area contributed by atoms with E-state index in [1.165, 1.54) is 12.1 Å². The molecule has 4 rings (SSSR count). The van der Waals surface area contributed by atoms with Crippen molar-refractivity contribution >= 4 is 5.91 Å². The van der Waals surface area contributed by atoms with Gasteiger partial charge < -0.3 is 14.2 Å². The number of carbonyl (C=O) groups is 1. The Morgan fingerprint density at radius 1 is 1.15 bits per heavy atom. The maximum Gasteiger partial charge on any atom is 0.257 e. The van der Waals surface area contributed by atoms with Crippen LogP contribution in [-0.2, 0) is 17.9 Å². The summed E-state index contributed by atoms with van der Waals surface area (Å²) in [6.45, 7) is 1.88. The van der Waals surface area contributed by atoms with Crippen molar-refractivity contribution in [1.29, 1.82) is 0 Å². The fourth-order valence-corrected chi connectivity index (χ4v) is 3.41. The average molecular weight is 365 g/mol. The van der Waals surface area contributed by atoms with Crippen LogP contribution in [0.1, 0.15) is 27.7 Å². The summed E-state index contributed by atoms with van der Waals surface area (Å²) in [7, 11) is 0. The van der Waals surface area contributed by atoms with Crippen molar-refractivity contribution in [3.05, 3.63) is 89.8 Å². The van der Waals surface area contributed by atoms with Crippen LogP contribution < -0.4 is 0 Å². The zero-order valence-corrected chi connectivity index (χ0v) is 14.8. The summed E-state index contributed by atoms with van der Waals surface area (Å²) in [6.07, 6.45) is 5.47. The summed E-state index contributed by atoms with van der Waals surface area (Å²) in [4.78, 5) is 18.5. The third-order valence-corrected chi connectivity index (χ3v) is 4.76. The third kappa shape index (κ3) is 3.75. The Bertz CT molecular complexity index is 926. The molecule has 6 heteroatoms. The van der Waals surface area contributed by atoms with E-state index in [1.807, 2.05) is 30.5 Å². The molecule has 0 saturated heterocycles. The van der Waals surface area contributed by atoms with Gasteiger partial charge in [0.15, 0.2) is 0 Å². The molecule has 3 heterocycles. The van der Waals surface area contributed by atoms with Gasteiger partial charge in [-0.15, -0.1) is 0 Å². The first-order chi connectivity index (χ1) is 13.2. The molecule has 1 unspecified atom stereocenters. The maximum absolute atomic E-state index is 14.0. The van der Waals surface area contributed by atoms with E-state index in [-0.39, 0.29) is 17.5 Å². The highest BCUT2D eigenvalue weighted by Crippen LogP contribution is 2.24. The normalized spacial score (nSPS) is 16.2. The van der Waals surface area contributed by atoms with Gasteiger partial charge in [-0.1, -0.05) is 12.1 Å². The van der Waals surface area contributed by atoms with Crippen LogP contribution in [0, 0.1) is 5.82 Å². The van der Waals surface area contributed by atoms with Crippen LogP contribution >= 0.6 is 0 Å². The molecule has 0 bridgehead atoms. The number of benzene rings is 1. The van der Waals surface area contributed by atoms with Crippen molar-refractivity contribution < 1.29 is 13.9 Å². The van der Waals surface area contributed by atoms with Crippen LogP contribution in [-0.4, -0.2) is 33.5 Å². The topological polar surface area (TPSA) is 47.4 Å². The summed E-state index contributed by atoms with van der Waals surface area (Å²) in [6, 6.07) is 13.9. The van der Waals surface area contributed by atoms with E-state index in [0.29, 0.717) is 26.3 Å². The number of amides is 1. The molecule has 0 fully saturated rings. The number of rotatable bonds is 5. The van der Waals surface area contributed by atoms with E-state index >= 15 is 0 Å². The number of fused-ring (bicyclic) bond motifs is 1. The van der Waals surface area contributed by atoms with Gasteiger partial charge in [-0.2, -0.15) is 0 Å². The minimum atomic E-state index is -0.492. The Morgan fingerprint density at radius 3 is 2.78 bits per heavy atom. The van der Waals surface area contributed by atoms with E-state index in [1.54, 1.807) is 29.4 Å². The Morgan fingerprint density at radius 2 is 1.96 bits per heavy atom. The Balaban J connectivity index is 1.47. The second kappa shape index (κ2) is 7.72. The molecule has 3 aromatic rings. The van der Waals surface area contributed by atoms with Gasteiger partial charge in [0.25, 0.3) is 5.91 Å². The molecule has 1 atom stereocenters. The number of carbonyl (C=O) groups excluding carboxylic acids is 1. The average Bonchev–Trinajstić information content (AvgIpc) is 3.17. The van der Waals surface area contributed by atoms with Gasteiger partial charge in [0.2, 0.25) is 0 Å². The fourth-order valence-electron chi connectivity index (χ4n) is 3.41. The molecular formula is C21H20FN3O2. The SMILES string of the molecule is O=C(c1ccccc1F)N1Cc2cccn2C(COCc2ccncc2)C1. The number of hydrogen-bond donors (Lipinski definition) is 0. The molecule has 1 amide bonds. The van der Waals surface area contributed by atoms with E-state index in [0.717, 1.165) is 11.3 Å². The number of halogens is 1. The molecule has 0 saturated carbocycles. The number of aromatic nitrogens is 2. The molecule has 2 aromatic heterocycles. The molecule has 0 radical (unpaired) electrons. The molecular weight excluding hydrogens is 345 g/mol. The zero-order valence-electron chi connectivity index (χ0n) is 14.8. The summed E-state index contributed by atoms with van der Waals surface area (Å²) in [5.41, 5.74) is 2.17. The van der Waals surface area contributed by atoms with E-state index < -0.39 is 5.82 Å². The molecule has 0 aliphatic carbocycles. The van der Waals surface area contributed by atoms with Crippen molar-refractivity contribution in [2.45, 2.75) is 19.2 Å². The lowest BCUT2D eigenvalue weighted by molar-refractivity contribution is 0.0478. The van der Waals surface area contributed by atoms with Gasteiger partial charge in [-0.05, 0) is 42.0 Å². The summed E-state index contributed by atoms with van der Waals surface area (Å²) < 4.78 is 22.1. The van der Waals surface area contributed by atoms with Gasteiger partial charge in [0, 0.05) is 30.8 Å². The third-order valence-electron chi connectivity index (χ3n) is 4.76. The smallest absolute Gasteiger partial charge is 0.257 e. The highest BCUT2D eigenvalue weighted by molar-refractivity contribution is 5.94. The van der Waals surface area contributed by atoms with E-state index in [9.17, 15) is 9.18 Å². The van der Waals surface area contributed by atoms with Gasteiger partial charge in [-0.25, -0.2) is 4.39 Å². The van der Waals surface area contributed by atoms with Crippen LogP contribution in [0.4, 0.5) is 4.39 Å². The largest absolute Gasteiger partial charge is 0.375 e. The first-order valence-corrected chi connectivity index (χ1v) is 8.88. The second-order valence-electron chi connectivity index (χ2n) is 6.60. The molecule has 138 valence electrons. The van der Waals surface area contributed by atoms with Gasteiger partial charge in [-0.3, -0.25) is 9.78 Å². The quantitative estimate of drug-likeness (QED) is 0.696. The van der Waals surface area contributed by atoms with E-state index in [2.05, 4.69) is 9.55 Å². The maximum atomic E-state index is 14.0. The van der Waals surface area contributed by atoms with E-state index in [4.69, 9.17) is 4.74 Å². The standard InChI is InChI=1S/C21H20FN3O2/c22-20-6-2-1-5-19(20)21(26)24-12-17-4-3-11-25(17)18(13-24)15-27-14-16-7-9-23-10-8-16/h1-11,18H,12-15H2. The highest BCUT2D eigenvalue weighted by atomic mass is 19.1. The molecule has 0 spiro atoms. The van der Waals surface area contributed by atoms with Crippen molar-refractivity contribution in [3.8, 4) is 0 Å². The van der Waals surface area contributed by atoms with Gasteiger partial charge >= 0.3 is 0 Å². The molecule has 27 heavy (non-hydrogen) atoms. The molecule has 1 aliphatic heterocycles. The predicted octanol–water partition coefficient (Wildman–Crippen LogP) is 3.44. The lowest BCUT2D eigenvalue weighted by Crippen LogP contribution is -2.42. The summed E-state index contributed by atoms with van der Waals surface area (Å²) in [5, 5.41) is 0. The molecule has 1 aromatic carbocycles. The summed E-state index contributed by atoms with van der Waals surface area (Å²) >= 11 is 0. The lowest BCUT2D eigenvalue weighted by atomic mass is 10.1. The fraction of sp³-hybridized carbons (Fsp3) is 0.238. The van der Waals surface area contributed by atoms with Crippen molar-refractivity contribution in [2.75, 3.05) is 13.2 Å². The summed E-state index contributed by atoms with van der Waals surface area (Å²) in [5.74, 6) is -0.784. The molecule has 1 aliphatic rings. The number of pyridine rings is 1. The van der Waals surface area contributed by atoms with Gasteiger partial charge in [0.1, 0.15) is 5.82 Å². The lowest BCUT2D eigenvalue weighted by Gasteiger charge is -2.35. The number of ether oxygens (including phenoxy) is 1. The van der Waals surface area contributed by atoms with Crippen molar-refractivity contribution in [2.24, 2.45) is 0 Å². The highest BCUT2D eigenvalue weighted by Gasteiger charge is 2.29. The van der Waals surface area contributed by atoms with Crippen molar-refractivity contribution in [3.63, 3.8) is 0 Å². The Kier molecular flexibility index (Phi) is 4.98. The molecule has 0 N–H and O–H groups in total. The van der Waals surface area contributed by atoms with Crippen LogP contribution in [0.2, 0.25) is 0 Å². The van der Waals surface area contributed by atoms with Crippen LogP contribution in [0.25, 0.3) is 0 Å². The van der Waals surface area contributed by atoms with Crippen molar-refractivity contribution in [1.82, 2.24) is 14.5 Å². The van der Waals surface area contributed by atoms with Crippen LogP contribution in [0.15, 0.2) is 67.1 Å².